The van der Waals surface area contributed by atoms with E-state index in [2.05, 4.69) is 40.8 Å². The minimum absolute atomic E-state index is 0.119. The molecule has 1 fully saturated rings. The predicted molar refractivity (Wildman–Crippen MR) is 91.6 cm³/mol. The van der Waals surface area contributed by atoms with Crippen molar-refractivity contribution < 1.29 is 9.84 Å². The first kappa shape index (κ1) is 16.0. The first-order chi connectivity index (χ1) is 11.1. The number of aliphatic hydroxyl groups is 1. The van der Waals surface area contributed by atoms with Gasteiger partial charge in [0.15, 0.2) is 0 Å². The minimum Gasteiger partial charge on any atom is -0.497 e. The molecule has 1 N–H and O–H groups in total. The van der Waals surface area contributed by atoms with Gasteiger partial charge >= 0.3 is 0 Å². The Morgan fingerprint density at radius 2 is 2.04 bits per heavy atom. The van der Waals surface area contributed by atoms with Gasteiger partial charge in [-0.1, -0.05) is 12.1 Å². The summed E-state index contributed by atoms with van der Waals surface area (Å²) < 4.78 is 5.22. The Bertz CT molecular complexity index is 609. The van der Waals surface area contributed by atoms with Crippen molar-refractivity contribution in [3.8, 4) is 5.75 Å². The van der Waals surface area contributed by atoms with Gasteiger partial charge in [-0.25, -0.2) is 0 Å². The summed E-state index contributed by atoms with van der Waals surface area (Å²) in [7, 11) is 1.68. The van der Waals surface area contributed by atoms with Crippen molar-refractivity contribution in [3.05, 3.63) is 41.1 Å². The Morgan fingerprint density at radius 3 is 2.70 bits per heavy atom. The number of fused-ring (bicyclic) bond motifs is 1. The second kappa shape index (κ2) is 6.72. The summed E-state index contributed by atoms with van der Waals surface area (Å²) in [6.07, 6.45) is 1.93. The van der Waals surface area contributed by atoms with E-state index in [0.29, 0.717) is 0 Å². The van der Waals surface area contributed by atoms with Crippen LogP contribution in [0.4, 0.5) is 0 Å². The molecule has 5 heteroatoms. The zero-order valence-corrected chi connectivity index (χ0v) is 14.1. The topological polar surface area (TPSA) is 48.3 Å². The van der Waals surface area contributed by atoms with Crippen LogP contribution in [0.3, 0.4) is 0 Å². The number of aliphatic hydroxyl groups excluding tert-OH is 1. The first-order valence-electron chi connectivity index (χ1n) is 8.09. The van der Waals surface area contributed by atoms with Gasteiger partial charge in [0, 0.05) is 25.3 Å². The van der Waals surface area contributed by atoms with Crippen molar-refractivity contribution in [3.63, 3.8) is 0 Å². The summed E-state index contributed by atoms with van der Waals surface area (Å²) in [5.41, 5.74) is 3.88. The van der Waals surface area contributed by atoms with E-state index in [1.165, 1.54) is 16.8 Å². The fourth-order valence-corrected chi connectivity index (χ4v) is 3.19. The lowest BCUT2D eigenvalue weighted by molar-refractivity contribution is 0.0810. The number of nitrogens with zero attached hydrogens (tertiary/aromatic N) is 3. The summed E-state index contributed by atoms with van der Waals surface area (Å²) >= 11 is 0. The molecule has 0 aliphatic carbocycles. The van der Waals surface area contributed by atoms with Gasteiger partial charge in [0.2, 0.25) is 0 Å². The Hall–Kier alpha value is -1.85. The monoisotopic (exact) mass is 315 g/mol. The van der Waals surface area contributed by atoms with Gasteiger partial charge in [-0.15, -0.1) is 0 Å². The molecule has 2 aliphatic rings. The Kier molecular flexibility index (Phi) is 4.68. The molecule has 0 amide bonds. The van der Waals surface area contributed by atoms with Gasteiger partial charge in [-0.3, -0.25) is 9.89 Å². The van der Waals surface area contributed by atoms with Gasteiger partial charge in [0.05, 0.1) is 32.1 Å². The van der Waals surface area contributed by atoms with E-state index in [1.807, 2.05) is 18.5 Å². The SMILES string of the molecule is COc1ccc(CN2CC3=C(C)[C@H](C)N=CN3C[C@H]2CO)cc1. The fraction of sp³-hybridized carbons (Fsp3) is 0.500. The van der Waals surface area contributed by atoms with Gasteiger partial charge in [0.1, 0.15) is 5.75 Å². The molecule has 0 spiro atoms. The van der Waals surface area contributed by atoms with Crippen LogP contribution in [-0.4, -0.2) is 60.1 Å². The molecule has 0 unspecified atom stereocenters. The van der Waals surface area contributed by atoms with Crippen molar-refractivity contribution in [2.75, 3.05) is 26.8 Å². The molecule has 1 aromatic rings. The van der Waals surface area contributed by atoms with Crippen LogP contribution in [0.15, 0.2) is 40.5 Å². The van der Waals surface area contributed by atoms with E-state index in [4.69, 9.17) is 4.74 Å². The van der Waals surface area contributed by atoms with Gasteiger partial charge < -0.3 is 14.7 Å². The average molecular weight is 315 g/mol. The van der Waals surface area contributed by atoms with Crippen LogP contribution in [0.5, 0.6) is 5.75 Å². The second-order valence-electron chi connectivity index (χ2n) is 6.31. The molecule has 2 aliphatic heterocycles. The summed E-state index contributed by atoms with van der Waals surface area (Å²) in [6.45, 7) is 6.90. The van der Waals surface area contributed by atoms with Crippen molar-refractivity contribution in [2.24, 2.45) is 4.99 Å². The predicted octanol–water partition coefficient (Wildman–Crippen LogP) is 1.88. The van der Waals surface area contributed by atoms with Crippen LogP contribution in [0, 0.1) is 0 Å². The number of hydrogen-bond donors (Lipinski definition) is 1. The van der Waals surface area contributed by atoms with Crippen molar-refractivity contribution in [1.29, 1.82) is 0 Å². The maximum Gasteiger partial charge on any atom is 0.118 e. The summed E-state index contributed by atoms with van der Waals surface area (Å²) in [5.74, 6) is 0.869. The molecule has 3 rings (SSSR count). The van der Waals surface area contributed by atoms with Crippen LogP contribution >= 0.6 is 0 Å². The van der Waals surface area contributed by atoms with Crippen LogP contribution < -0.4 is 4.74 Å². The standard InChI is InChI=1S/C18H25N3O2/c1-13-14(2)19-12-21-9-16(11-22)20(10-18(13)21)8-15-4-6-17(23-3)7-5-15/h4-7,12,14,16,22H,8-11H2,1-3H3/t14-,16-/m0/s1. The molecule has 23 heavy (non-hydrogen) atoms. The number of aliphatic imine (C=N–C) groups is 1. The quantitative estimate of drug-likeness (QED) is 0.922. The van der Waals surface area contributed by atoms with E-state index in [0.717, 1.165) is 25.4 Å². The fourth-order valence-electron chi connectivity index (χ4n) is 3.19. The van der Waals surface area contributed by atoms with Gasteiger partial charge in [0.25, 0.3) is 0 Å². The minimum atomic E-state index is 0.119. The van der Waals surface area contributed by atoms with Crippen LogP contribution in [0.1, 0.15) is 19.4 Å². The molecule has 0 radical (unpaired) electrons. The molecule has 0 aromatic heterocycles. The van der Waals surface area contributed by atoms with E-state index in [9.17, 15) is 5.11 Å². The maximum absolute atomic E-state index is 9.78. The largest absolute Gasteiger partial charge is 0.497 e. The highest BCUT2D eigenvalue weighted by molar-refractivity contribution is 5.62. The highest BCUT2D eigenvalue weighted by Crippen LogP contribution is 2.27. The second-order valence-corrected chi connectivity index (χ2v) is 6.31. The van der Waals surface area contributed by atoms with Crippen LogP contribution in [-0.2, 0) is 6.54 Å². The molecular weight excluding hydrogens is 290 g/mol. The zero-order chi connectivity index (χ0) is 16.4. The highest BCUT2D eigenvalue weighted by Gasteiger charge is 2.32. The third kappa shape index (κ3) is 3.26. The number of rotatable bonds is 4. The van der Waals surface area contributed by atoms with Crippen molar-refractivity contribution >= 4 is 6.34 Å². The first-order valence-corrected chi connectivity index (χ1v) is 8.09. The number of ether oxygens (including phenoxy) is 1. The van der Waals surface area contributed by atoms with Crippen LogP contribution in [0.25, 0.3) is 0 Å². The van der Waals surface area contributed by atoms with E-state index in [-0.39, 0.29) is 18.7 Å². The molecule has 0 saturated carbocycles. The lowest BCUT2D eigenvalue weighted by Gasteiger charge is -2.44. The maximum atomic E-state index is 9.78. The smallest absolute Gasteiger partial charge is 0.118 e. The number of hydrogen-bond acceptors (Lipinski definition) is 5. The Balaban J connectivity index is 1.78. The van der Waals surface area contributed by atoms with Crippen molar-refractivity contribution in [1.82, 2.24) is 9.80 Å². The third-order valence-electron chi connectivity index (χ3n) is 4.89. The van der Waals surface area contributed by atoms with Crippen molar-refractivity contribution in [2.45, 2.75) is 32.5 Å². The molecule has 2 heterocycles. The molecular formula is C18H25N3O2. The molecule has 0 bridgehead atoms. The summed E-state index contributed by atoms with van der Waals surface area (Å²) in [6, 6.07) is 8.51. The third-order valence-corrected chi connectivity index (χ3v) is 4.89. The zero-order valence-electron chi connectivity index (χ0n) is 14.1. The molecule has 1 saturated heterocycles. The molecule has 5 nitrogen and oxygen atoms in total. The Labute approximate surface area is 137 Å². The van der Waals surface area contributed by atoms with E-state index >= 15 is 0 Å². The number of piperazine rings is 1. The molecule has 2 atom stereocenters. The normalized spacial score (nSPS) is 24.8. The lowest BCUT2D eigenvalue weighted by Crippen LogP contribution is -2.54. The van der Waals surface area contributed by atoms with E-state index in [1.54, 1.807) is 7.11 Å². The van der Waals surface area contributed by atoms with Crippen LogP contribution in [0.2, 0.25) is 0 Å². The molecule has 124 valence electrons. The highest BCUT2D eigenvalue weighted by atomic mass is 16.5. The average Bonchev–Trinajstić information content (AvgIpc) is 2.59. The number of methoxy groups -OCH3 is 1. The van der Waals surface area contributed by atoms with Gasteiger partial charge in [-0.05, 0) is 37.1 Å². The van der Waals surface area contributed by atoms with E-state index < -0.39 is 0 Å². The summed E-state index contributed by atoms with van der Waals surface area (Å²) in [4.78, 5) is 9.07. The summed E-state index contributed by atoms with van der Waals surface area (Å²) in [5, 5.41) is 9.78. The lowest BCUT2D eigenvalue weighted by atomic mass is 10.0. The molecule has 1 aromatic carbocycles. The van der Waals surface area contributed by atoms with Gasteiger partial charge in [-0.2, -0.15) is 0 Å². The Morgan fingerprint density at radius 1 is 1.30 bits per heavy atom. The number of benzene rings is 1.